The summed E-state index contributed by atoms with van der Waals surface area (Å²) >= 11 is 8.42. The van der Waals surface area contributed by atoms with Crippen LogP contribution in [0.25, 0.3) is 0 Å². The Morgan fingerprint density at radius 3 is 2.52 bits per heavy atom. The monoisotopic (exact) mass is 370 g/mol. The second-order valence-corrected chi connectivity index (χ2v) is 6.83. The molecule has 2 rings (SSSR count). The summed E-state index contributed by atoms with van der Waals surface area (Å²) in [7, 11) is 0. The Hall–Kier alpha value is -0.980. The van der Waals surface area contributed by atoms with Crippen molar-refractivity contribution in [3.63, 3.8) is 0 Å². The molecule has 0 bridgehead atoms. The van der Waals surface area contributed by atoms with Crippen molar-refractivity contribution in [2.24, 2.45) is 17.6 Å². The van der Waals surface area contributed by atoms with Crippen molar-refractivity contribution in [2.75, 3.05) is 5.32 Å². The molecule has 114 valence electrons. The van der Waals surface area contributed by atoms with Gasteiger partial charge >= 0.3 is 0 Å². The van der Waals surface area contributed by atoms with Gasteiger partial charge in [-0.3, -0.25) is 4.79 Å². The maximum absolute atomic E-state index is 12.6. The van der Waals surface area contributed by atoms with E-state index in [2.05, 4.69) is 21.2 Å². The molecule has 0 radical (unpaired) electrons. The molecule has 0 spiro atoms. The number of thiocarbonyl (C=S) groups is 1. The van der Waals surface area contributed by atoms with Crippen LogP contribution in [-0.4, -0.2) is 23.1 Å². The summed E-state index contributed by atoms with van der Waals surface area (Å²) in [5.74, 6) is -0.0641. The van der Waals surface area contributed by atoms with Crippen molar-refractivity contribution in [1.29, 1.82) is 0 Å². The molecule has 4 atom stereocenters. The summed E-state index contributed by atoms with van der Waals surface area (Å²) in [5.41, 5.74) is 7.01. The smallest absolute Gasteiger partial charge is 0.230 e. The highest BCUT2D eigenvalue weighted by atomic mass is 79.9. The fraction of sp³-hybridized carbons (Fsp3) is 0.467. The topological polar surface area (TPSA) is 64.3 Å². The van der Waals surface area contributed by atoms with Crippen molar-refractivity contribution >= 4 is 44.7 Å². The van der Waals surface area contributed by atoms with E-state index in [1.165, 1.54) is 0 Å². The van der Waals surface area contributed by atoms with Gasteiger partial charge in [0, 0.05) is 10.0 Å². The molecular weight excluding hydrogens is 352 g/mol. The Morgan fingerprint density at radius 2 is 2.00 bits per heavy atom. The lowest BCUT2D eigenvalue weighted by atomic mass is 9.88. The van der Waals surface area contributed by atoms with Gasteiger partial charge in [-0.15, -0.1) is 0 Å². The van der Waals surface area contributed by atoms with E-state index in [9.17, 15) is 4.79 Å². The van der Waals surface area contributed by atoms with Gasteiger partial charge in [-0.1, -0.05) is 35.1 Å². The predicted molar refractivity (Wildman–Crippen MR) is 91.3 cm³/mol. The molecule has 4 unspecified atom stereocenters. The number of benzene rings is 1. The SMILES string of the molecule is CC1OC(C)C(C(=O)Nc2ccc(Br)cc2C(N)=S)C1C. The molecule has 1 fully saturated rings. The van der Waals surface area contributed by atoms with Crippen LogP contribution >= 0.6 is 28.1 Å². The van der Waals surface area contributed by atoms with Gasteiger partial charge in [-0.25, -0.2) is 0 Å². The van der Waals surface area contributed by atoms with Crippen molar-refractivity contribution in [3.8, 4) is 0 Å². The summed E-state index contributed by atoms with van der Waals surface area (Å²) in [4.78, 5) is 12.8. The third kappa shape index (κ3) is 3.44. The van der Waals surface area contributed by atoms with Crippen molar-refractivity contribution in [2.45, 2.75) is 33.0 Å². The molecule has 1 heterocycles. The highest BCUT2D eigenvalue weighted by molar-refractivity contribution is 9.10. The number of carbonyl (C=O) groups is 1. The highest BCUT2D eigenvalue weighted by Gasteiger charge is 2.41. The van der Waals surface area contributed by atoms with Crippen LogP contribution in [0, 0.1) is 11.8 Å². The summed E-state index contributed by atoms with van der Waals surface area (Å²) in [6, 6.07) is 5.45. The Labute approximate surface area is 138 Å². The molecule has 1 aromatic rings. The molecule has 1 amide bonds. The number of ether oxygens (including phenoxy) is 1. The molecule has 21 heavy (non-hydrogen) atoms. The number of halogens is 1. The minimum atomic E-state index is -0.178. The molecule has 4 nitrogen and oxygen atoms in total. The number of carbonyl (C=O) groups excluding carboxylic acids is 1. The van der Waals surface area contributed by atoms with E-state index < -0.39 is 0 Å². The molecule has 6 heteroatoms. The van der Waals surface area contributed by atoms with Crippen LogP contribution in [0.3, 0.4) is 0 Å². The van der Waals surface area contributed by atoms with Gasteiger partial charge in [-0.05, 0) is 38.0 Å². The minimum absolute atomic E-state index is 0.0563. The van der Waals surface area contributed by atoms with Crippen molar-refractivity contribution in [3.05, 3.63) is 28.2 Å². The van der Waals surface area contributed by atoms with E-state index in [1.807, 2.05) is 26.8 Å². The minimum Gasteiger partial charge on any atom is -0.389 e. The van der Waals surface area contributed by atoms with Gasteiger partial charge in [0.15, 0.2) is 0 Å². The molecule has 3 N–H and O–H groups in total. The fourth-order valence-corrected chi connectivity index (χ4v) is 3.29. The number of hydrogen-bond donors (Lipinski definition) is 2. The first-order valence-corrected chi connectivity index (χ1v) is 8.07. The highest BCUT2D eigenvalue weighted by Crippen LogP contribution is 2.33. The number of amides is 1. The third-order valence-electron chi connectivity index (χ3n) is 4.05. The molecule has 1 aliphatic rings. The average molecular weight is 371 g/mol. The molecule has 1 aromatic carbocycles. The quantitative estimate of drug-likeness (QED) is 0.802. The number of anilines is 1. The lowest BCUT2D eigenvalue weighted by molar-refractivity contribution is -0.121. The number of rotatable bonds is 3. The molecule has 1 aliphatic heterocycles. The van der Waals surface area contributed by atoms with E-state index in [0.717, 1.165) is 4.47 Å². The van der Waals surface area contributed by atoms with Crippen LogP contribution in [0.2, 0.25) is 0 Å². The van der Waals surface area contributed by atoms with Gasteiger partial charge < -0.3 is 15.8 Å². The van der Waals surface area contributed by atoms with Crippen LogP contribution in [0.1, 0.15) is 26.3 Å². The molecule has 0 aromatic heterocycles. The van der Waals surface area contributed by atoms with Crippen LogP contribution in [0.4, 0.5) is 5.69 Å². The summed E-state index contributed by atoms with van der Waals surface area (Å²) in [6.07, 6.45) is -0.0190. The second kappa shape index (κ2) is 6.42. The summed E-state index contributed by atoms with van der Waals surface area (Å²) in [5, 5.41) is 2.94. The van der Waals surface area contributed by atoms with Gasteiger partial charge in [0.25, 0.3) is 0 Å². The van der Waals surface area contributed by atoms with Crippen molar-refractivity contribution in [1.82, 2.24) is 0 Å². The number of nitrogens with two attached hydrogens (primary N) is 1. The average Bonchev–Trinajstić information content (AvgIpc) is 2.65. The summed E-state index contributed by atoms with van der Waals surface area (Å²) in [6.45, 7) is 5.96. The normalized spacial score (nSPS) is 28.4. The van der Waals surface area contributed by atoms with Crippen LogP contribution < -0.4 is 11.1 Å². The zero-order valence-electron chi connectivity index (χ0n) is 12.2. The predicted octanol–water partition coefficient (Wildman–Crippen LogP) is 3.08. The van der Waals surface area contributed by atoms with Gasteiger partial charge in [-0.2, -0.15) is 0 Å². The van der Waals surface area contributed by atoms with E-state index >= 15 is 0 Å². The maximum Gasteiger partial charge on any atom is 0.230 e. The van der Waals surface area contributed by atoms with Crippen LogP contribution in [0.5, 0.6) is 0 Å². The Kier molecular flexibility index (Phi) is 5.01. The first-order valence-electron chi connectivity index (χ1n) is 6.87. The zero-order chi connectivity index (χ0) is 15.7. The third-order valence-corrected chi connectivity index (χ3v) is 4.76. The van der Waals surface area contributed by atoms with Gasteiger partial charge in [0.2, 0.25) is 5.91 Å². The van der Waals surface area contributed by atoms with Gasteiger partial charge in [0.1, 0.15) is 4.99 Å². The van der Waals surface area contributed by atoms with E-state index in [1.54, 1.807) is 12.1 Å². The Balaban J connectivity index is 2.22. The van der Waals surface area contributed by atoms with Crippen molar-refractivity contribution < 1.29 is 9.53 Å². The van der Waals surface area contributed by atoms with Gasteiger partial charge in [0.05, 0.1) is 23.8 Å². The molecular formula is C15H19BrN2O2S. The Morgan fingerprint density at radius 1 is 1.33 bits per heavy atom. The lowest BCUT2D eigenvalue weighted by Crippen LogP contribution is -2.32. The number of hydrogen-bond acceptors (Lipinski definition) is 3. The fourth-order valence-electron chi connectivity index (χ4n) is 2.76. The second-order valence-electron chi connectivity index (χ2n) is 5.47. The molecule has 0 aliphatic carbocycles. The Bertz CT molecular complexity index is 579. The van der Waals surface area contributed by atoms with E-state index in [4.69, 9.17) is 22.7 Å². The lowest BCUT2D eigenvalue weighted by Gasteiger charge is -2.19. The first-order chi connectivity index (χ1) is 9.81. The standard InChI is InChI=1S/C15H19BrN2O2S/c1-7-8(2)20-9(3)13(7)15(19)18-12-5-4-10(16)6-11(12)14(17)21/h4-9,13H,1-3H3,(H2,17,21)(H,18,19). The largest absolute Gasteiger partial charge is 0.389 e. The molecule has 0 saturated carbocycles. The maximum atomic E-state index is 12.6. The first kappa shape index (κ1) is 16.4. The zero-order valence-corrected chi connectivity index (χ0v) is 14.6. The van der Waals surface area contributed by atoms with Crippen LogP contribution in [0.15, 0.2) is 22.7 Å². The number of nitrogens with one attached hydrogen (secondary N) is 1. The van der Waals surface area contributed by atoms with E-state index in [0.29, 0.717) is 11.3 Å². The summed E-state index contributed by atoms with van der Waals surface area (Å²) < 4.78 is 6.59. The van der Waals surface area contributed by atoms with E-state index in [-0.39, 0.29) is 34.9 Å². The molecule has 1 saturated heterocycles. The van der Waals surface area contributed by atoms with Crippen LogP contribution in [-0.2, 0) is 9.53 Å².